The average Bonchev–Trinajstić information content (AvgIpc) is 2.23. The fraction of sp³-hybridized carbons (Fsp3) is 1.00. The molecule has 0 aromatic rings. The first-order chi connectivity index (χ1) is 7.48. The zero-order valence-electron chi connectivity index (χ0n) is 11.5. The maximum atomic E-state index is 3.58. The van der Waals surface area contributed by atoms with E-state index in [1.165, 1.54) is 25.9 Å². The number of piperidine rings is 1. The molecule has 1 aliphatic rings. The van der Waals surface area contributed by atoms with Gasteiger partial charge in [0.15, 0.2) is 0 Å². The summed E-state index contributed by atoms with van der Waals surface area (Å²) in [6.45, 7) is 12.8. The van der Waals surface area contributed by atoms with Gasteiger partial charge in [0.25, 0.3) is 0 Å². The highest BCUT2D eigenvalue weighted by Gasteiger charge is 2.29. The second kappa shape index (κ2) is 6.27. The number of likely N-dealkylation sites (tertiary alicyclic amines) is 1. The number of nitrogens with one attached hydrogen (secondary N) is 1. The summed E-state index contributed by atoms with van der Waals surface area (Å²) < 4.78 is 0.388. The van der Waals surface area contributed by atoms with Gasteiger partial charge in [-0.15, -0.1) is 0 Å². The highest BCUT2D eigenvalue weighted by molar-refractivity contribution is 7.99. The van der Waals surface area contributed by atoms with Gasteiger partial charge in [0.05, 0.1) is 0 Å². The molecule has 96 valence electrons. The van der Waals surface area contributed by atoms with Crippen LogP contribution in [0.25, 0.3) is 0 Å². The van der Waals surface area contributed by atoms with Crippen molar-refractivity contribution in [1.82, 2.24) is 10.2 Å². The maximum Gasteiger partial charge on any atom is 0.0228 e. The first-order valence-electron chi connectivity index (χ1n) is 6.51. The zero-order valence-corrected chi connectivity index (χ0v) is 12.4. The van der Waals surface area contributed by atoms with Gasteiger partial charge in [-0.3, -0.25) is 4.90 Å². The second-order valence-corrected chi connectivity index (χ2v) is 7.08. The summed E-state index contributed by atoms with van der Waals surface area (Å²) in [6, 6.07) is 1.47. The van der Waals surface area contributed by atoms with Gasteiger partial charge >= 0.3 is 0 Å². The molecule has 0 bridgehead atoms. The molecule has 2 nitrogen and oxygen atoms in total. The van der Waals surface area contributed by atoms with Crippen molar-refractivity contribution in [3.63, 3.8) is 0 Å². The topological polar surface area (TPSA) is 15.3 Å². The molecule has 1 heterocycles. The first kappa shape index (κ1) is 14.3. The van der Waals surface area contributed by atoms with Gasteiger partial charge in [0.1, 0.15) is 0 Å². The molecule has 0 radical (unpaired) electrons. The van der Waals surface area contributed by atoms with Crippen LogP contribution in [-0.2, 0) is 0 Å². The Morgan fingerprint density at radius 1 is 1.44 bits per heavy atom. The van der Waals surface area contributed by atoms with E-state index >= 15 is 0 Å². The number of hydrogen-bond donors (Lipinski definition) is 1. The highest BCUT2D eigenvalue weighted by Crippen LogP contribution is 2.26. The Bertz CT molecular complexity index is 206. The van der Waals surface area contributed by atoms with Gasteiger partial charge in [-0.1, -0.05) is 6.92 Å². The number of nitrogens with zero attached hydrogens (tertiary/aromatic N) is 1. The van der Waals surface area contributed by atoms with E-state index in [2.05, 4.69) is 44.2 Å². The lowest BCUT2D eigenvalue weighted by Crippen LogP contribution is -2.50. The van der Waals surface area contributed by atoms with Crippen molar-refractivity contribution in [2.45, 2.75) is 57.4 Å². The molecule has 1 saturated heterocycles. The summed E-state index contributed by atoms with van der Waals surface area (Å²) in [5, 5.41) is 3.58. The molecular weight excluding hydrogens is 216 g/mol. The van der Waals surface area contributed by atoms with Crippen LogP contribution in [0.5, 0.6) is 0 Å². The van der Waals surface area contributed by atoms with E-state index < -0.39 is 0 Å². The molecule has 0 aromatic heterocycles. The zero-order chi connectivity index (χ0) is 12.2. The standard InChI is InChI=1S/C13H28N2S/c1-6-14-12-7-8-15(11(2)9-12)10-13(3,4)16-5/h11-12,14H,6-10H2,1-5H3. The van der Waals surface area contributed by atoms with Crippen LogP contribution in [0, 0.1) is 0 Å². The summed E-state index contributed by atoms with van der Waals surface area (Å²) in [5.74, 6) is 0. The van der Waals surface area contributed by atoms with E-state index in [4.69, 9.17) is 0 Å². The van der Waals surface area contributed by atoms with Crippen molar-refractivity contribution in [3.05, 3.63) is 0 Å². The van der Waals surface area contributed by atoms with E-state index in [1.807, 2.05) is 11.8 Å². The third-order valence-corrected chi connectivity index (χ3v) is 4.88. The monoisotopic (exact) mass is 244 g/mol. The molecule has 0 amide bonds. The number of rotatable bonds is 5. The van der Waals surface area contributed by atoms with Crippen molar-refractivity contribution >= 4 is 11.8 Å². The van der Waals surface area contributed by atoms with Gasteiger partial charge < -0.3 is 5.32 Å². The van der Waals surface area contributed by atoms with E-state index in [0.717, 1.165) is 18.6 Å². The summed E-state index contributed by atoms with van der Waals surface area (Å²) in [6.07, 6.45) is 4.83. The molecule has 1 aliphatic heterocycles. The summed E-state index contributed by atoms with van der Waals surface area (Å²) in [4.78, 5) is 2.66. The Kier molecular flexibility index (Phi) is 5.62. The van der Waals surface area contributed by atoms with Gasteiger partial charge in [-0.25, -0.2) is 0 Å². The largest absolute Gasteiger partial charge is 0.314 e. The minimum Gasteiger partial charge on any atom is -0.314 e. The Morgan fingerprint density at radius 2 is 2.12 bits per heavy atom. The average molecular weight is 244 g/mol. The predicted molar refractivity (Wildman–Crippen MR) is 75.3 cm³/mol. The molecule has 3 heteroatoms. The van der Waals surface area contributed by atoms with Crippen LogP contribution in [-0.4, -0.2) is 47.6 Å². The Balaban J connectivity index is 2.41. The fourth-order valence-electron chi connectivity index (χ4n) is 2.48. The Hall–Kier alpha value is 0.270. The molecule has 0 saturated carbocycles. The first-order valence-corrected chi connectivity index (χ1v) is 7.73. The molecule has 2 unspecified atom stereocenters. The minimum absolute atomic E-state index is 0.388. The molecule has 0 spiro atoms. The third kappa shape index (κ3) is 4.27. The van der Waals surface area contributed by atoms with Crippen LogP contribution in [0.2, 0.25) is 0 Å². The lowest BCUT2D eigenvalue weighted by molar-refractivity contribution is 0.128. The van der Waals surface area contributed by atoms with E-state index in [1.54, 1.807) is 0 Å². The van der Waals surface area contributed by atoms with Crippen LogP contribution >= 0.6 is 11.8 Å². The third-order valence-electron chi connectivity index (χ3n) is 3.64. The van der Waals surface area contributed by atoms with Crippen LogP contribution in [0.1, 0.15) is 40.5 Å². The fourth-order valence-corrected chi connectivity index (χ4v) is 2.78. The SMILES string of the molecule is CCNC1CCN(CC(C)(C)SC)C(C)C1. The van der Waals surface area contributed by atoms with Gasteiger partial charge in [0, 0.05) is 23.4 Å². The lowest BCUT2D eigenvalue weighted by atomic mass is 9.97. The van der Waals surface area contributed by atoms with Crippen LogP contribution < -0.4 is 5.32 Å². The van der Waals surface area contributed by atoms with Crippen LogP contribution in [0.4, 0.5) is 0 Å². The lowest BCUT2D eigenvalue weighted by Gasteiger charge is -2.41. The second-order valence-electron chi connectivity index (χ2n) is 5.56. The van der Waals surface area contributed by atoms with Crippen molar-refractivity contribution in [1.29, 1.82) is 0 Å². The van der Waals surface area contributed by atoms with E-state index in [-0.39, 0.29) is 0 Å². The minimum atomic E-state index is 0.388. The Morgan fingerprint density at radius 3 is 2.62 bits per heavy atom. The van der Waals surface area contributed by atoms with Gasteiger partial charge in [-0.2, -0.15) is 11.8 Å². The summed E-state index contributed by atoms with van der Waals surface area (Å²) in [5.41, 5.74) is 0. The summed E-state index contributed by atoms with van der Waals surface area (Å²) in [7, 11) is 0. The Labute approximate surface area is 106 Å². The molecule has 2 atom stereocenters. The number of thioether (sulfide) groups is 1. The predicted octanol–water partition coefficient (Wildman–Crippen LogP) is 2.59. The van der Waals surface area contributed by atoms with Crippen molar-refractivity contribution in [2.75, 3.05) is 25.9 Å². The molecule has 1 N–H and O–H groups in total. The van der Waals surface area contributed by atoms with Gasteiger partial charge in [-0.05, 0) is 53.0 Å². The molecule has 1 fully saturated rings. The van der Waals surface area contributed by atoms with E-state index in [0.29, 0.717) is 4.75 Å². The molecule has 0 aromatic carbocycles. The summed E-state index contributed by atoms with van der Waals surface area (Å²) >= 11 is 1.98. The molecule has 16 heavy (non-hydrogen) atoms. The maximum absolute atomic E-state index is 3.58. The molecular formula is C13H28N2S. The van der Waals surface area contributed by atoms with Crippen molar-refractivity contribution < 1.29 is 0 Å². The van der Waals surface area contributed by atoms with Crippen molar-refractivity contribution in [2.24, 2.45) is 0 Å². The molecule has 0 aliphatic carbocycles. The smallest absolute Gasteiger partial charge is 0.0228 e. The quantitative estimate of drug-likeness (QED) is 0.800. The van der Waals surface area contributed by atoms with Crippen LogP contribution in [0.3, 0.4) is 0 Å². The normalized spacial score (nSPS) is 28.3. The number of hydrogen-bond acceptors (Lipinski definition) is 3. The van der Waals surface area contributed by atoms with E-state index in [9.17, 15) is 0 Å². The molecule has 1 rings (SSSR count). The van der Waals surface area contributed by atoms with Gasteiger partial charge in [0.2, 0.25) is 0 Å². The highest BCUT2D eigenvalue weighted by atomic mass is 32.2. The van der Waals surface area contributed by atoms with Crippen LogP contribution in [0.15, 0.2) is 0 Å². The van der Waals surface area contributed by atoms with Crippen molar-refractivity contribution in [3.8, 4) is 0 Å².